The Balaban J connectivity index is 2.58. The zero-order valence-electron chi connectivity index (χ0n) is 15.1. The topological polar surface area (TPSA) is 80.7 Å². The van der Waals surface area contributed by atoms with Crippen LogP contribution in [0.4, 0.5) is 0 Å². The molecule has 0 aromatic carbocycles. The van der Waals surface area contributed by atoms with Crippen molar-refractivity contribution in [2.24, 2.45) is 0 Å². The zero-order chi connectivity index (χ0) is 18.7. The second kappa shape index (κ2) is 11.4. The van der Waals surface area contributed by atoms with Gasteiger partial charge in [0.2, 0.25) is 0 Å². The number of hydrogen-bond donors (Lipinski definition) is 1. The largest absolute Gasteiger partial charge is 0.481 e. The maximum absolute atomic E-state index is 12.0. The van der Waals surface area contributed by atoms with E-state index in [1.54, 1.807) is 6.08 Å². The van der Waals surface area contributed by atoms with Crippen LogP contribution in [0.5, 0.6) is 0 Å². The minimum absolute atomic E-state index is 0.0567. The van der Waals surface area contributed by atoms with Crippen LogP contribution in [0, 0.1) is 0 Å². The lowest BCUT2D eigenvalue weighted by Gasteiger charge is -2.17. The van der Waals surface area contributed by atoms with Gasteiger partial charge in [-0.25, -0.2) is 0 Å². The molecule has 0 fully saturated rings. The fourth-order valence-electron chi connectivity index (χ4n) is 2.83. The molecule has 0 spiro atoms. The lowest BCUT2D eigenvalue weighted by molar-refractivity contribution is -0.147. The Kier molecular flexibility index (Phi) is 9.51. The first kappa shape index (κ1) is 20.9. The summed E-state index contributed by atoms with van der Waals surface area (Å²) in [6, 6.07) is 0. The third-order valence-corrected chi connectivity index (χ3v) is 4.08. The maximum atomic E-state index is 12.0. The SMILES string of the molecule is CCC=CCC1=C(CCC(CCCCC(=O)O)OC(C)=O)C=CC1=O. The number of carboxylic acids is 1. The molecule has 1 rings (SSSR count). The van der Waals surface area contributed by atoms with Crippen molar-refractivity contribution < 1.29 is 24.2 Å². The summed E-state index contributed by atoms with van der Waals surface area (Å²) in [5.41, 5.74) is 1.82. The predicted octanol–water partition coefficient (Wildman–Crippen LogP) is 4.14. The quantitative estimate of drug-likeness (QED) is 0.326. The van der Waals surface area contributed by atoms with Gasteiger partial charge in [-0.15, -0.1) is 0 Å². The Morgan fingerprint density at radius 3 is 2.60 bits per heavy atom. The molecular weight excluding hydrogens is 320 g/mol. The molecule has 0 heterocycles. The minimum Gasteiger partial charge on any atom is -0.481 e. The van der Waals surface area contributed by atoms with Crippen molar-refractivity contribution in [3.8, 4) is 0 Å². The fourth-order valence-corrected chi connectivity index (χ4v) is 2.83. The van der Waals surface area contributed by atoms with E-state index in [1.165, 1.54) is 6.92 Å². The van der Waals surface area contributed by atoms with Gasteiger partial charge in [0.25, 0.3) is 0 Å². The van der Waals surface area contributed by atoms with Crippen molar-refractivity contribution in [3.05, 3.63) is 35.5 Å². The first-order valence-electron chi connectivity index (χ1n) is 8.92. The van der Waals surface area contributed by atoms with Crippen LogP contribution in [0.2, 0.25) is 0 Å². The summed E-state index contributed by atoms with van der Waals surface area (Å²) in [7, 11) is 0. The number of allylic oxidation sites excluding steroid dienone is 6. The normalized spacial score (nSPS) is 15.2. The molecule has 0 saturated carbocycles. The average molecular weight is 348 g/mol. The fraction of sp³-hybridized carbons (Fsp3) is 0.550. The highest BCUT2D eigenvalue weighted by atomic mass is 16.5. The van der Waals surface area contributed by atoms with Gasteiger partial charge in [0, 0.05) is 18.9 Å². The number of esters is 1. The highest BCUT2D eigenvalue weighted by Crippen LogP contribution is 2.26. The van der Waals surface area contributed by atoms with E-state index in [0.717, 1.165) is 17.6 Å². The van der Waals surface area contributed by atoms with Crippen LogP contribution in [0.3, 0.4) is 0 Å². The number of carbonyl (C=O) groups excluding carboxylic acids is 2. The van der Waals surface area contributed by atoms with E-state index >= 15 is 0 Å². The predicted molar refractivity (Wildman–Crippen MR) is 96.1 cm³/mol. The van der Waals surface area contributed by atoms with E-state index < -0.39 is 5.97 Å². The molecule has 1 aliphatic carbocycles. The van der Waals surface area contributed by atoms with Crippen molar-refractivity contribution in [1.29, 1.82) is 0 Å². The lowest BCUT2D eigenvalue weighted by Crippen LogP contribution is -2.16. The van der Waals surface area contributed by atoms with Gasteiger partial charge in [-0.05, 0) is 56.6 Å². The molecule has 0 saturated heterocycles. The zero-order valence-corrected chi connectivity index (χ0v) is 15.1. The second-order valence-electron chi connectivity index (χ2n) is 6.19. The number of hydrogen-bond acceptors (Lipinski definition) is 4. The monoisotopic (exact) mass is 348 g/mol. The van der Waals surface area contributed by atoms with E-state index in [1.807, 2.05) is 18.2 Å². The molecule has 1 unspecified atom stereocenters. The molecule has 1 aliphatic rings. The molecule has 25 heavy (non-hydrogen) atoms. The van der Waals surface area contributed by atoms with E-state index in [2.05, 4.69) is 6.92 Å². The number of aliphatic carboxylic acids is 1. The Bertz CT molecular complexity index is 569. The van der Waals surface area contributed by atoms with Crippen LogP contribution < -0.4 is 0 Å². The Labute approximate surface area is 149 Å². The van der Waals surface area contributed by atoms with Gasteiger partial charge < -0.3 is 9.84 Å². The summed E-state index contributed by atoms with van der Waals surface area (Å²) in [6.07, 6.45) is 12.2. The van der Waals surface area contributed by atoms with E-state index in [9.17, 15) is 14.4 Å². The van der Waals surface area contributed by atoms with Gasteiger partial charge >= 0.3 is 11.9 Å². The molecule has 0 aliphatic heterocycles. The van der Waals surface area contributed by atoms with Crippen molar-refractivity contribution in [2.75, 3.05) is 0 Å². The molecule has 0 radical (unpaired) electrons. The summed E-state index contributed by atoms with van der Waals surface area (Å²) in [5, 5.41) is 8.68. The van der Waals surface area contributed by atoms with E-state index in [-0.39, 0.29) is 24.3 Å². The highest BCUT2D eigenvalue weighted by molar-refractivity contribution is 6.08. The number of rotatable bonds is 12. The summed E-state index contributed by atoms with van der Waals surface area (Å²) in [5.74, 6) is -1.09. The Hall–Kier alpha value is -2.17. The van der Waals surface area contributed by atoms with Crippen LogP contribution in [0.25, 0.3) is 0 Å². The molecule has 0 aromatic heterocycles. The van der Waals surface area contributed by atoms with Crippen molar-refractivity contribution in [3.63, 3.8) is 0 Å². The van der Waals surface area contributed by atoms with Crippen molar-refractivity contribution in [1.82, 2.24) is 0 Å². The molecule has 1 atom stereocenters. The van der Waals surface area contributed by atoms with Gasteiger partial charge in [0.05, 0.1) is 0 Å². The molecular formula is C20H28O5. The lowest BCUT2D eigenvalue weighted by atomic mass is 9.98. The molecule has 138 valence electrons. The molecule has 5 nitrogen and oxygen atoms in total. The van der Waals surface area contributed by atoms with Gasteiger partial charge in [-0.1, -0.05) is 25.2 Å². The van der Waals surface area contributed by atoms with Crippen molar-refractivity contribution >= 4 is 17.7 Å². The van der Waals surface area contributed by atoms with Gasteiger partial charge in [0.15, 0.2) is 5.78 Å². The van der Waals surface area contributed by atoms with Gasteiger partial charge in [-0.2, -0.15) is 0 Å². The molecule has 0 amide bonds. The molecule has 1 N–H and O–H groups in total. The van der Waals surface area contributed by atoms with Crippen molar-refractivity contribution in [2.45, 2.75) is 71.3 Å². The van der Waals surface area contributed by atoms with Crippen LogP contribution >= 0.6 is 0 Å². The third-order valence-electron chi connectivity index (χ3n) is 4.08. The maximum Gasteiger partial charge on any atom is 0.303 e. The second-order valence-corrected chi connectivity index (χ2v) is 6.19. The number of unbranched alkanes of at least 4 members (excludes halogenated alkanes) is 1. The van der Waals surface area contributed by atoms with Crippen LogP contribution in [0.15, 0.2) is 35.5 Å². The standard InChI is InChI=1S/C20H28O5/c1-3-4-5-9-18-16(12-14-19(18)22)11-13-17(25-15(2)21)8-6-7-10-20(23)24/h4-5,12,14,17H,3,6-11,13H2,1-2H3,(H,23,24). The smallest absolute Gasteiger partial charge is 0.303 e. The summed E-state index contributed by atoms with van der Waals surface area (Å²) >= 11 is 0. The number of ether oxygens (including phenoxy) is 1. The molecule has 5 heteroatoms. The highest BCUT2D eigenvalue weighted by Gasteiger charge is 2.19. The third kappa shape index (κ3) is 8.47. The summed E-state index contributed by atoms with van der Waals surface area (Å²) in [6.45, 7) is 3.43. The van der Waals surface area contributed by atoms with Crippen LogP contribution in [0.1, 0.15) is 65.2 Å². The first-order valence-corrected chi connectivity index (χ1v) is 8.92. The summed E-state index contributed by atoms with van der Waals surface area (Å²) < 4.78 is 5.35. The average Bonchev–Trinajstić information content (AvgIpc) is 2.89. The summed E-state index contributed by atoms with van der Waals surface area (Å²) in [4.78, 5) is 33.8. The number of ketones is 1. The Morgan fingerprint density at radius 2 is 1.96 bits per heavy atom. The Morgan fingerprint density at radius 1 is 1.20 bits per heavy atom. The molecule has 0 aromatic rings. The van der Waals surface area contributed by atoms with E-state index in [0.29, 0.717) is 38.5 Å². The minimum atomic E-state index is -0.812. The number of carbonyl (C=O) groups is 3. The van der Waals surface area contributed by atoms with Gasteiger partial charge in [0.1, 0.15) is 6.10 Å². The first-order chi connectivity index (χ1) is 11.9. The molecule has 0 bridgehead atoms. The van der Waals surface area contributed by atoms with Crippen LogP contribution in [-0.4, -0.2) is 28.9 Å². The van der Waals surface area contributed by atoms with Crippen LogP contribution in [-0.2, 0) is 19.1 Å². The number of carboxylic acid groups (broad SMARTS) is 1. The van der Waals surface area contributed by atoms with E-state index in [4.69, 9.17) is 9.84 Å². The van der Waals surface area contributed by atoms with Gasteiger partial charge in [-0.3, -0.25) is 14.4 Å².